The molecule has 6 aliphatic rings. The third-order valence-corrected chi connectivity index (χ3v) is 13.0. The summed E-state index contributed by atoms with van der Waals surface area (Å²) in [5, 5.41) is 8.44. The van der Waals surface area contributed by atoms with Crippen LogP contribution in [0.5, 0.6) is 0 Å². The summed E-state index contributed by atoms with van der Waals surface area (Å²) in [4.78, 5) is 35.8. The van der Waals surface area contributed by atoms with Gasteiger partial charge >= 0.3 is 0 Å². The number of methoxy groups -OCH3 is 1. The van der Waals surface area contributed by atoms with Crippen molar-refractivity contribution >= 4 is 11.8 Å². The fourth-order valence-electron chi connectivity index (χ4n) is 10.1. The Morgan fingerprint density at radius 3 is 2.45 bits per heavy atom. The van der Waals surface area contributed by atoms with E-state index in [1.165, 1.54) is 6.42 Å². The van der Waals surface area contributed by atoms with Crippen molar-refractivity contribution in [2.75, 3.05) is 41.4 Å². The monoisotopic (exact) mass is 618 g/mol. The van der Waals surface area contributed by atoms with E-state index in [4.69, 9.17) is 14.3 Å². The van der Waals surface area contributed by atoms with Crippen molar-refractivity contribution in [3.05, 3.63) is 0 Å². The molecule has 2 heterocycles. The molecule has 0 aromatic rings. The molecule has 2 amide bonds. The van der Waals surface area contributed by atoms with E-state index in [-0.39, 0.29) is 60.0 Å². The number of hydrogen-bond acceptors (Lipinski definition) is 7. The van der Waals surface area contributed by atoms with Gasteiger partial charge in [-0.25, -0.2) is 0 Å². The predicted octanol–water partition coefficient (Wildman–Crippen LogP) is 4.11. The highest BCUT2D eigenvalue weighted by Crippen LogP contribution is 2.61. The van der Waals surface area contributed by atoms with Crippen molar-refractivity contribution in [1.82, 2.24) is 20.6 Å². The second-order valence-electron chi connectivity index (χ2n) is 15.9. The lowest BCUT2D eigenvalue weighted by Gasteiger charge is -2.62. The highest BCUT2D eigenvalue weighted by molar-refractivity contribution is 5.83. The van der Waals surface area contributed by atoms with Crippen LogP contribution in [0.4, 0.5) is 0 Å². The molecule has 13 atom stereocenters. The number of carbonyl (C=O) groups is 2. The quantitative estimate of drug-likeness (QED) is 0.340. The second-order valence-corrected chi connectivity index (χ2v) is 15.9. The largest absolute Gasteiger partial charge is 0.381 e. The number of carbonyl (C=O) groups excluding carboxylic acids is 2. The molecule has 0 aromatic heterocycles. The Bertz CT molecular complexity index is 1010. The van der Waals surface area contributed by atoms with Gasteiger partial charge in [0.25, 0.3) is 0 Å². The molecule has 5 unspecified atom stereocenters. The molecule has 6 rings (SSSR count). The van der Waals surface area contributed by atoms with Crippen LogP contribution >= 0.6 is 0 Å². The minimum Gasteiger partial charge on any atom is -0.381 e. The Labute approximate surface area is 266 Å². The lowest BCUT2D eigenvalue weighted by molar-refractivity contribution is -0.190. The maximum Gasteiger partial charge on any atom is 0.240 e. The van der Waals surface area contributed by atoms with Crippen molar-refractivity contribution in [3.63, 3.8) is 0 Å². The van der Waals surface area contributed by atoms with E-state index >= 15 is 0 Å². The zero-order valence-corrected chi connectivity index (χ0v) is 29.0. The van der Waals surface area contributed by atoms with E-state index in [0.29, 0.717) is 48.3 Å². The highest BCUT2D eigenvalue weighted by atomic mass is 16.7. The molecule has 4 saturated carbocycles. The van der Waals surface area contributed by atoms with E-state index in [9.17, 15) is 9.59 Å². The Hall–Kier alpha value is -1.26. The summed E-state index contributed by atoms with van der Waals surface area (Å²) in [6, 6.07) is 0.242. The van der Waals surface area contributed by atoms with Crippen molar-refractivity contribution in [3.8, 4) is 0 Å². The molecule has 0 radical (unpaired) electrons. The van der Waals surface area contributed by atoms with E-state index in [1.807, 2.05) is 12.2 Å². The average Bonchev–Trinajstić information content (AvgIpc) is 3.54. The van der Waals surface area contributed by atoms with Crippen molar-refractivity contribution in [2.45, 2.75) is 122 Å². The molecule has 0 aromatic carbocycles. The first-order valence-corrected chi connectivity index (χ1v) is 17.7. The molecule has 2 bridgehead atoms. The van der Waals surface area contributed by atoms with Crippen LogP contribution < -0.4 is 10.6 Å². The number of rotatable bonds is 12. The number of nitrogens with zero attached hydrogens (tertiary/aromatic N) is 2. The summed E-state index contributed by atoms with van der Waals surface area (Å²) >= 11 is 0. The van der Waals surface area contributed by atoms with Crippen LogP contribution in [-0.2, 0) is 23.9 Å². The van der Waals surface area contributed by atoms with Crippen LogP contribution in [0.1, 0.15) is 86.0 Å². The van der Waals surface area contributed by atoms with Crippen LogP contribution in [0.15, 0.2) is 0 Å². The third kappa shape index (κ3) is 6.60. The molecular formula is C35H62N4O5. The molecule has 2 N–H and O–H groups in total. The van der Waals surface area contributed by atoms with Crippen molar-refractivity contribution < 1.29 is 23.9 Å². The second kappa shape index (κ2) is 13.8. The number of fused-ring (bicyclic) bond motifs is 3. The summed E-state index contributed by atoms with van der Waals surface area (Å²) in [7, 11) is 7.81. The van der Waals surface area contributed by atoms with Gasteiger partial charge in [-0.15, -0.1) is 0 Å². The van der Waals surface area contributed by atoms with E-state index < -0.39 is 0 Å². The van der Waals surface area contributed by atoms with Gasteiger partial charge in [0.15, 0.2) is 0 Å². The molecule has 0 spiro atoms. The molecule has 252 valence electrons. The first kappa shape index (κ1) is 34.1. The van der Waals surface area contributed by atoms with Gasteiger partial charge in [0.05, 0.1) is 18.8 Å². The Morgan fingerprint density at radius 2 is 1.84 bits per heavy atom. The molecule has 6 fully saturated rings. The van der Waals surface area contributed by atoms with Gasteiger partial charge in [0.2, 0.25) is 11.8 Å². The fraction of sp³-hybridized carbons (Fsp3) is 0.943. The topological polar surface area (TPSA) is 92.4 Å². The zero-order chi connectivity index (χ0) is 31.9. The maximum absolute atomic E-state index is 14.2. The van der Waals surface area contributed by atoms with Crippen LogP contribution in [-0.4, -0.2) is 99.6 Å². The van der Waals surface area contributed by atoms with Gasteiger partial charge in [-0.2, -0.15) is 5.06 Å². The molecule has 4 aliphatic carbocycles. The predicted molar refractivity (Wildman–Crippen MR) is 172 cm³/mol. The van der Waals surface area contributed by atoms with Gasteiger partial charge in [0, 0.05) is 50.5 Å². The molecule has 2 aliphatic heterocycles. The van der Waals surface area contributed by atoms with Crippen molar-refractivity contribution in [2.24, 2.45) is 46.8 Å². The smallest absolute Gasteiger partial charge is 0.240 e. The Kier molecular flexibility index (Phi) is 10.7. The normalized spacial score (nSPS) is 41.1. The summed E-state index contributed by atoms with van der Waals surface area (Å²) in [6.45, 7) is 12.6. The maximum atomic E-state index is 14.2. The highest BCUT2D eigenvalue weighted by Gasteiger charge is 2.58. The minimum atomic E-state index is -0.363. The van der Waals surface area contributed by atoms with Crippen LogP contribution in [0.2, 0.25) is 0 Å². The first-order chi connectivity index (χ1) is 20.9. The van der Waals surface area contributed by atoms with Crippen molar-refractivity contribution in [1.29, 1.82) is 0 Å². The molecular weight excluding hydrogens is 556 g/mol. The molecule has 9 heteroatoms. The fourth-order valence-corrected chi connectivity index (χ4v) is 10.1. The van der Waals surface area contributed by atoms with Crippen LogP contribution in [0.3, 0.4) is 0 Å². The number of hydroxylamine groups is 2. The third-order valence-electron chi connectivity index (χ3n) is 13.0. The molecule has 44 heavy (non-hydrogen) atoms. The first-order valence-electron chi connectivity index (χ1n) is 17.7. The van der Waals surface area contributed by atoms with Crippen LogP contribution in [0.25, 0.3) is 0 Å². The van der Waals surface area contributed by atoms with E-state index in [2.05, 4.69) is 64.2 Å². The number of hydrogen-bond donors (Lipinski definition) is 2. The number of ether oxygens (including phenoxy) is 2. The van der Waals surface area contributed by atoms with Gasteiger partial charge < -0.3 is 25.0 Å². The SMILES string of the molecule is CCCC(CN1O[C@H]2CO[C@H](C)[C@H]2[C@H]1C(=O)N[C@H]1C[C@H]2C[C@@H]([C@@H]1C)C2(C)C)C(CC1CC(C(=O)NC)CC(N(C)C)C1)OC. The molecule has 2 saturated heterocycles. The Morgan fingerprint density at radius 1 is 1.09 bits per heavy atom. The summed E-state index contributed by atoms with van der Waals surface area (Å²) in [6.07, 6.45) is 8.09. The Balaban J connectivity index is 1.29. The number of amides is 2. The number of nitrogens with one attached hydrogen (secondary N) is 2. The van der Waals surface area contributed by atoms with E-state index in [0.717, 1.165) is 44.9 Å². The average molecular weight is 619 g/mol. The minimum absolute atomic E-state index is 0.0217. The zero-order valence-electron chi connectivity index (χ0n) is 29.0. The van der Waals surface area contributed by atoms with Crippen LogP contribution in [0, 0.1) is 46.8 Å². The van der Waals surface area contributed by atoms with Gasteiger partial charge in [-0.1, -0.05) is 34.1 Å². The van der Waals surface area contributed by atoms with Gasteiger partial charge in [-0.3, -0.25) is 14.4 Å². The van der Waals surface area contributed by atoms with Gasteiger partial charge in [0.1, 0.15) is 12.1 Å². The summed E-state index contributed by atoms with van der Waals surface area (Å²) < 4.78 is 12.3. The lowest BCUT2D eigenvalue weighted by atomic mass is 9.45. The van der Waals surface area contributed by atoms with E-state index in [1.54, 1.807) is 7.05 Å². The standard InChI is InChI=1S/C35H62N4O5/c1-10-11-23(29(42-9)14-22-12-24(33(40)36-6)15-26(13-22)38(7)8)18-39-32(31-21(3)43-19-30(31)44-39)34(41)37-28-17-25-16-27(20(28)2)35(25,4)5/h20-32H,10-19H2,1-9H3,(H,36,40)(H,37,41)/t20-,21+,22?,23?,24?,25+,26?,27-,28-,29?,30-,31+,32-/m0/s1. The molecule has 9 nitrogen and oxygen atoms in total. The lowest BCUT2D eigenvalue weighted by Crippen LogP contribution is -2.62. The van der Waals surface area contributed by atoms with Gasteiger partial charge in [-0.05, 0) is 95.1 Å². The summed E-state index contributed by atoms with van der Waals surface area (Å²) in [5.74, 6) is 2.77. The summed E-state index contributed by atoms with van der Waals surface area (Å²) in [5.41, 5.74) is 0.385.